The van der Waals surface area contributed by atoms with Gasteiger partial charge in [0.25, 0.3) is 0 Å². The van der Waals surface area contributed by atoms with Crippen molar-refractivity contribution >= 4 is 33.6 Å². The fourth-order valence-corrected chi connectivity index (χ4v) is 4.73. The molecule has 0 amide bonds. The van der Waals surface area contributed by atoms with Crippen LogP contribution in [0.15, 0.2) is 53.1 Å². The van der Waals surface area contributed by atoms with Crippen LogP contribution in [0.1, 0.15) is 23.0 Å². The van der Waals surface area contributed by atoms with Gasteiger partial charge >= 0.3 is 0 Å². The average Bonchev–Trinajstić information content (AvgIpc) is 3.52. The molecule has 4 aromatic heterocycles. The molecule has 6 aromatic rings. The van der Waals surface area contributed by atoms with Crippen LogP contribution in [-0.2, 0) is 0 Å². The summed E-state index contributed by atoms with van der Waals surface area (Å²) in [4.78, 5) is 12.9. The van der Waals surface area contributed by atoms with E-state index in [0.717, 1.165) is 67.5 Å². The molecule has 0 aliphatic heterocycles. The van der Waals surface area contributed by atoms with Crippen molar-refractivity contribution in [3.8, 4) is 22.6 Å². The smallest absolute Gasteiger partial charge is 0.145 e. The molecule has 2 N–H and O–H groups in total. The molecule has 0 saturated heterocycles. The second-order valence-corrected chi connectivity index (χ2v) is 8.81. The Labute approximate surface area is 207 Å². The fraction of sp³-hybridized carbons (Fsp3) is 0.185. The van der Waals surface area contributed by atoms with Gasteiger partial charge in [0.1, 0.15) is 34.6 Å². The van der Waals surface area contributed by atoms with Gasteiger partial charge in [-0.1, -0.05) is 23.4 Å². The van der Waals surface area contributed by atoms with Crippen molar-refractivity contribution in [2.24, 2.45) is 0 Å². The first-order valence-electron chi connectivity index (χ1n) is 11.6. The molecule has 9 nitrogen and oxygen atoms in total. The monoisotopic (exact) mass is 479 g/mol. The molecule has 0 atom stereocenters. The summed E-state index contributed by atoms with van der Waals surface area (Å²) in [6, 6.07) is 16.1. The molecule has 0 bridgehead atoms. The number of aromatic amines is 1. The van der Waals surface area contributed by atoms with Crippen LogP contribution in [0, 0.1) is 27.7 Å². The number of hydrogen-bond acceptors (Lipinski definition) is 7. The van der Waals surface area contributed by atoms with E-state index in [4.69, 9.17) is 14.2 Å². The number of aromatic nitrogens is 6. The molecule has 0 radical (unpaired) electrons. The second kappa shape index (κ2) is 8.23. The SMILES string of the molecule is COc1cc2c(cc1-c1c(C)noc1C)[nH]c1nc(C)nc(Nc3cc(C)nn3-c3ccccc3)c12. The molecule has 0 unspecified atom stereocenters. The van der Waals surface area contributed by atoms with Crippen molar-refractivity contribution < 1.29 is 9.26 Å². The number of H-pyrrole nitrogens is 1. The highest BCUT2D eigenvalue weighted by Gasteiger charge is 2.21. The third-order valence-electron chi connectivity index (χ3n) is 6.26. The fourth-order valence-electron chi connectivity index (χ4n) is 4.73. The Balaban J connectivity index is 1.55. The highest BCUT2D eigenvalue weighted by Crippen LogP contribution is 2.41. The zero-order valence-electron chi connectivity index (χ0n) is 20.7. The van der Waals surface area contributed by atoms with Crippen LogP contribution in [0.25, 0.3) is 38.8 Å². The number of fused-ring (bicyclic) bond motifs is 3. The maximum absolute atomic E-state index is 5.81. The third kappa shape index (κ3) is 3.48. The largest absolute Gasteiger partial charge is 0.496 e. The molecule has 36 heavy (non-hydrogen) atoms. The Kier molecular flexibility index (Phi) is 4.99. The molecule has 0 aliphatic carbocycles. The Hall–Kier alpha value is -4.66. The van der Waals surface area contributed by atoms with Crippen molar-refractivity contribution in [2.75, 3.05) is 12.4 Å². The summed E-state index contributed by atoms with van der Waals surface area (Å²) < 4.78 is 13.1. The van der Waals surface area contributed by atoms with Crippen LogP contribution in [0.3, 0.4) is 0 Å². The van der Waals surface area contributed by atoms with Crippen molar-refractivity contribution in [3.05, 3.63) is 71.5 Å². The summed E-state index contributed by atoms with van der Waals surface area (Å²) >= 11 is 0. The van der Waals surface area contributed by atoms with E-state index in [0.29, 0.717) is 11.6 Å². The number of anilines is 2. The number of aryl methyl sites for hydroxylation is 4. The number of methoxy groups -OCH3 is 1. The molecular formula is C27H25N7O2. The molecular weight excluding hydrogens is 454 g/mol. The number of hydrogen-bond donors (Lipinski definition) is 2. The van der Waals surface area contributed by atoms with Gasteiger partial charge in [0.2, 0.25) is 0 Å². The van der Waals surface area contributed by atoms with Crippen molar-refractivity contribution in [1.29, 1.82) is 0 Å². The number of rotatable bonds is 5. The van der Waals surface area contributed by atoms with E-state index in [-0.39, 0.29) is 0 Å². The van der Waals surface area contributed by atoms with Gasteiger partial charge in [-0.3, -0.25) is 0 Å². The zero-order valence-corrected chi connectivity index (χ0v) is 20.7. The van der Waals surface area contributed by atoms with Gasteiger partial charge in [-0.2, -0.15) is 5.10 Å². The van der Waals surface area contributed by atoms with E-state index >= 15 is 0 Å². The normalized spacial score (nSPS) is 11.5. The molecule has 2 aromatic carbocycles. The van der Waals surface area contributed by atoms with Crippen LogP contribution >= 0.6 is 0 Å². The zero-order chi connectivity index (χ0) is 25.0. The Bertz CT molecular complexity index is 1730. The standard InChI is InChI=1S/C27H25N7O2/c1-14-11-23(34(32-14)18-9-7-6-8-10-18)31-27-25-19-13-22(35-5)20(24-15(2)33-36-16(24)3)12-21(19)30-26(25)28-17(4)29-27/h6-13H,1-5H3,(H2,28,29,30,31). The van der Waals surface area contributed by atoms with Crippen LogP contribution in [0.4, 0.5) is 11.6 Å². The lowest BCUT2D eigenvalue weighted by atomic mass is 10.0. The number of nitrogens with zero attached hydrogens (tertiary/aromatic N) is 5. The van der Waals surface area contributed by atoms with Crippen LogP contribution in [0.2, 0.25) is 0 Å². The van der Waals surface area contributed by atoms with Gasteiger partial charge in [-0.15, -0.1) is 0 Å². The topological polar surface area (TPSA) is 107 Å². The summed E-state index contributed by atoms with van der Waals surface area (Å²) in [6.45, 7) is 7.68. The maximum atomic E-state index is 5.81. The van der Waals surface area contributed by atoms with Crippen LogP contribution in [0.5, 0.6) is 5.75 Å². The molecule has 4 heterocycles. The van der Waals surface area contributed by atoms with E-state index in [9.17, 15) is 0 Å². The van der Waals surface area contributed by atoms with Crippen molar-refractivity contribution in [3.63, 3.8) is 0 Å². The average molecular weight is 480 g/mol. The minimum absolute atomic E-state index is 0.650. The molecule has 9 heteroatoms. The summed E-state index contributed by atoms with van der Waals surface area (Å²) in [5.41, 5.74) is 6.15. The van der Waals surface area contributed by atoms with Crippen LogP contribution in [-0.4, -0.2) is 37.0 Å². The second-order valence-electron chi connectivity index (χ2n) is 8.81. The first-order chi connectivity index (χ1) is 17.4. The number of nitrogens with one attached hydrogen (secondary N) is 2. The summed E-state index contributed by atoms with van der Waals surface area (Å²) in [6.07, 6.45) is 0. The molecule has 180 valence electrons. The van der Waals surface area contributed by atoms with Gasteiger partial charge in [0.05, 0.1) is 35.1 Å². The van der Waals surface area contributed by atoms with E-state index < -0.39 is 0 Å². The summed E-state index contributed by atoms with van der Waals surface area (Å²) in [7, 11) is 1.67. The number of ether oxygens (including phenoxy) is 1. The molecule has 0 aliphatic rings. The lowest BCUT2D eigenvalue weighted by molar-refractivity contribution is 0.393. The van der Waals surface area contributed by atoms with Crippen LogP contribution < -0.4 is 10.1 Å². The lowest BCUT2D eigenvalue weighted by Crippen LogP contribution is -2.05. The Morgan fingerprint density at radius 1 is 1.00 bits per heavy atom. The van der Waals surface area contributed by atoms with E-state index in [1.807, 2.05) is 74.8 Å². The predicted octanol–water partition coefficient (Wildman–Crippen LogP) is 5.94. The highest BCUT2D eigenvalue weighted by atomic mass is 16.5. The van der Waals surface area contributed by atoms with Gasteiger partial charge in [-0.25, -0.2) is 14.6 Å². The van der Waals surface area contributed by atoms with Crippen molar-refractivity contribution in [1.82, 2.24) is 29.9 Å². The minimum atomic E-state index is 0.650. The highest BCUT2D eigenvalue weighted by molar-refractivity contribution is 6.13. The Morgan fingerprint density at radius 2 is 1.81 bits per heavy atom. The molecule has 6 rings (SSSR count). The molecule has 0 fully saturated rings. The minimum Gasteiger partial charge on any atom is -0.496 e. The maximum Gasteiger partial charge on any atom is 0.145 e. The van der Waals surface area contributed by atoms with E-state index in [1.165, 1.54) is 0 Å². The predicted molar refractivity (Wildman–Crippen MR) is 139 cm³/mol. The van der Waals surface area contributed by atoms with E-state index in [1.54, 1.807) is 7.11 Å². The number of para-hydroxylation sites is 1. The third-order valence-corrected chi connectivity index (χ3v) is 6.26. The first-order valence-corrected chi connectivity index (χ1v) is 11.6. The van der Waals surface area contributed by atoms with Gasteiger partial charge in [0, 0.05) is 22.5 Å². The summed E-state index contributed by atoms with van der Waals surface area (Å²) in [5, 5.41) is 14.1. The number of benzene rings is 2. The van der Waals surface area contributed by atoms with Gasteiger partial charge < -0.3 is 19.6 Å². The van der Waals surface area contributed by atoms with Gasteiger partial charge in [-0.05, 0) is 52.0 Å². The van der Waals surface area contributed by atoms with E-state index in [2.05, 4.69) is 31.6 Å². The van der Waals surface area contributed by atoms with Crippen molar-refractivity contribution in [2.45, 2.75) is 27.7 Å². The summed E-state index contributed by atoms with van der Waals surface area (Å²) in [5.74, 6) is 3.61. The molecule has 0 saturated carbocycles. The quantitative estimate of drug-likeness (QED) is 0.315. The first kappa shape index (κ1) is 21.8. The Morgan fingerprint density at radius 3 is 2.53 bits per heavy atom. The van der Waals surface area contributed by atoms with Gasteiger partial charge in [0.15, 0.2) is 0 Å². The lowest BCUT2D eigenvalue weighted by Gasteiger charge is -2.11. The molecule has 0 spiro atoms.